The van der Waals surface area contributed by atoms with Crippen molar-refractivity contribution in [3.05, 3.63) is 51.4 Å². The second kappa shape index (κ2) is 5.67. The highest BCUT2D eigenvalue weighted by Crippen LogP contribution is 2.43. The first-order valence-corrected chi connectivity index (χ1v) is 7.55. The van der Waals surface area contributed by atoms with Gasteiger partial charge in [-0.15, -0.1) is 0 Å². The maximum absolute atomic E-state index is 13.3. The monoisotopic (exact) mass is 353 g/mol. The number of nitrogens with zero attached hydrogens (tertiary/aromatic N) is 2. The van der Waals surface area contributed by atoms with E-state index in [1.54, 1.807) is 7.05 Å². The van der Waals surface area contributed by atoms with Crippen LogP contribution in [0, 0.1) is 11.6 Å². The highest BCUT2D eigenvalue weighted by atomic mass is 79.9. The van der Waals surface area contributed by atoms with Crippen molar-refractivity contribution in [3.8, 4) is 0 Å². The zero-order chi connectivity index (χ0) is 15.0. The molecule has 1 heterocycles. The summed E-state index contributed by atoms with van der Waals surface area (Å²) in [7, 11) is 1.79. The van der Waals surface area contributed by atoms with Crippen LogP contribution in [0.5, 0.6) is 0 Å². The summed E-state index contributed by atoms with van der Waals surface area (Å²) in [5, 5.41) is 3.02. The third kappa shape index (κ3) is 3.20. The van der Waals surface area contributed by atoms with Gasteiger partial charge >= 0.3 is 0 Å². The molecule has 0 atom stereocenters. The summed E-state index contributed by atoms with van der Waals surface area (Å²) in [5.41, 5.74) is 1.50. The van der Waals surface area contributed by atoms with Crippen molar-refractivity contribution in [3.63, 3.8) is 0 Å². The minimum atomic E-state index is -0.585. The van der Waals surface area contributed by atoms with Gasteiger partial charge < -0.3 is 5.32 Å². The molecule has 6 heteroatoms. The van der Waals surface area contributed by atoms with Gasteiger partial charge in [-0.3, -0.25) is 0 Å². The van der Waals surface area contributed by atoms with Crippen LogP contribution in [0.3, 0.4) is 0 Å². The first-order chi connectivity index (χ1) is 10.1. The Hall–Kier alpha value is -1.56. The number of hydrogen-bond acceptors (Lipinski definition) is 3. The Bertz CT molecular complexity index is 667. The summed E-state index contributed by atoms with van der Waals surface area (Å²) < 4.78 is 27.4. The van der Waals surface area contributed by atoms with Crippen LogP contribution in [-0.2, 0) is 6.42 Å². The molecule has 0 spiro atoms. The quantitative estimate of drug-likeness (QED) is 0.901. The van der Waals surface area contributed by atoms with Crippen molar-refractivity contribution in [1.82, 2.24) is 9.97 Å². The van der Waals surface area contributed by atoms with E-state index in [-0.39, 0.29) is 0 Å². The van der Waals surface area contributed by atoms with Crippen LogP contribution in [0.25, 0.3) is 0 Å². The summed E-state index contributed by atoms with van der Waals surface area (Å²) in [6.07, 6.45) is 2.54. The highest BCUT2D eigenvalue weighted by molar-refractivity contribution is 9.10. The van der Waals surface area contributed by atoms with Crippen LogP contribution in [0.1, 0.15) is 35.8 Å². The van der Waals surface area contributed by atoms with Gasteiger partial charge in [-0.2, -0.15) is 0 Å². The van der Waals surface area contributed by atoms with Crippen LogP contribution in [0.15, 0.2) is 22.7 Å². The minimum Gasteiger partial charge on any atom is -0.372 e. The zero-order valence-electron chi connectivity index (χ0n) is 11.5. The van der Waals surface area contributed by atoms with Crippen LogP contribution >= 0.6 is 15.9 Å². The molecule has 1 aliphatic carbocycles. The fourth-order valence-corrected chi connectivity index (χ4v) is 2.98. The molecule has 1 fully saturated rings. The van der Waals surface area contributed by atoms with Crippen molar-refractivity contribution < 1.29 is 8.78 Å². The summed E-state index contributed by atoms with van der Waals surface area (Å²) >= 11 is 3.52. The van der Waals surface area contributed by atoms with E-state index in [9.17, 15) is 8.78 Å². The van der Waals surface area contributed by atoms with E-state index in [2.05, 4.69) is 31.2 Å². The number of nitrogens with one attached hydrogen (secondary N) is 1. The predicted octanol–water partition coefficient (Wildman–Crippen LogP) is 4.03. The maximum Gasteiger partial charge on any atom is 0.144 e. The lowest BCUT2D eigenvalue weighted by Crippen LogP contribution is -2.06. The van der Waals surface area contributed by atoms with E-state index in [1.165, 1.54) is 12.1 Å². The molecule has 1 aliphatic rings. The fourth-order valence-electron chi connectivity index (χ4n) is 2.28. The molecule has 2 aromatic rings. The molecular formula is C15H14BrF2N3. The molecule has 3 nitrogen and oxygen atoms in total. The van der Waals surface area contributed by atoms with E-state index in [0.29, 0.717) is 29.5 Å². The molecular weight excluding hydrogens is 340 g/mol. The topological polar surface area (TPSA) is 37.8 Å². The molecule has 0 unspecified atom stereocenters. The Morgan fingerprint density at radius 2 is 1.86 bits per heavy atom. The molecule has 0 bridgehead atoms. The third-order valence-corrected chi connectivity index (χ3v) is 4.19. The van der Waals surface area contributed by atoms with Crippen LogP contribution in [-0.4, -0.2) is 17.0 Å². The van der Waals surface area contributed by atoms with Gasteiger partial charge in [0.2, 0.25) is 0 Å². The van der Waals surface area contributed by atoms with E-state index < -0.39 is 11.6 Å². The molecule has 0 radical (unpaired) electrons. The molecule has 1 saturated carbocycles. The summed E-state index contributed by atoms with van der Waals surface area (Å²) in [4.78, 5) is 8.96. The number of aromatic nitrogens is 2. The van der Waals surface area contributed by atoms with Gasteiger partial charge in [0.05, 0.1) is 10.2 Å². The smallest absolute Gasteiger partial charge is 0.144 e. The first-order valence-electron chi connectivity index (χ1n) is 6.76. The van der Waals surface area contributed by atoms with Gasteiger partial charge in [0.15, 0.2) is 0 Å². The largest absolute Gasteiger partial charge is 0.372 e. The SMILES string of the molecule is CNc1nc(Cc2cc(F)cc(F)c2)nc(C2CC2)c1Br. The second-order valence-electron chi connectivity index (χ2n) is 5.17. The molecule has 1 aromatic heterocycles. The Morgan fingerprint density at radius 3 is 2.43 bits per heavy atom. The molecule has 3 rings (SSSR count). The number of anilines is 1. The molecule has 1 aromatic carbocycles. The van der Waals surface area contributed by atoms with Gasteiger partial charge in [0.25, 0.3) is 0 Å². The van der Waals surface area contributed by atoms with Crippen molar-refractivity contribution in [1.29, 1.82) is 0 Å². The highest BCUT2D eigenvalue weighted by Gasteiger charge is 2.29. The molecule has 110 valence electrons. The molecule has 0 amide bonds. The standard InChI is InChI=1S/C15H14BrF2N3/c1-19-15-13(16)14(9-2-3-9)20-12(21-15)6-8-4-10(17)7-11(18)5-8/h4-5,7,9H,2-3,6H2,1H3,(H,19,20,21). The summed E-state index contributed by atoms with van der Waals surface area (Å²) in [6.45, 7) is 0. The van der Waals surface area contributed by atoms with Gasteiger partial charge in [0.1, 0.15) is 23.3 Å². The van der Waals surface area contributed by atoms with Crippen LogP contribution in [0.2, 0.25) is 0 Å². The van der Waals surface area contributed by atoms with E-state index >= 15 is 0 Å². The lowest BCUT2D eigenvalue weighted by atomic mass is 10.1. The summed E-state index contributed by atoms with van der Waals surface area (Å²) in [5.74, 6) is 0.558. The normalized spacial score (nSPS) is 14.3. The second-order valence-corrected chi connectivity index (χ2v) is 5.96. The Morgan fingerprint density at radius 1 is 1.19 bits per heavy atom. The Kier molecular flexibility index (Phi) is 3.89. The Balaban J connectivity index is 1.96. The van der Waals surface area contributed by atoms with Gasteiger partial charge in [-0.05, 0) is 46.5 Å². The van der Waals surface area contributed by atoms with E-state index in [4.69, 9.17) is 0 Å². The lowest BCUT2D eigenvalue weighted by molar-refractivity contribution is 0.580. The average Bonchev–Trinajstić information content (AvgIpc) is 3.23. The molecule has 0 aliphatic heterocycles. The first kappa shape index (κ1) is 14.4. The predicted molar refractivity (Wildman–Crippen MR) is 80.4 cm³/mol. The van der Waals surface area contributed by atoms with Crippen LogP contribution < -0.4 is 5.32 Å². The third-order valence-electron chi connectivity index (χ3n) is 3.41. The number of rotatable bonds is 4. The molecule has 0 saturated heterocycles. The van der Waals surface area contributed by atoms with Gasteiger partial charge in [0, 0.05) is 25.5 Å². The Labute approximate surface area is 129 Å². The zero-order valence-corrected chi connectivity index (χ0v) is 13.0. The van der Waals surface area contributed by atoms with Crippen molar-refractivity contribution >= 4 is 21.7 Å². The number of benzene rings is 1. The van der Waals surface area contributed by atoms with Crippen molar-refractivity contribution in [2.75, 3.05) is 12.4 Å². The lowest BCUT2D eigenvalue weighted by Gasteiger charge is -2.11. The fraction of sp³-hybridized carbons (Fsp3) is 0.333. The number of hydrogen-bond donors (Lipinski definition) is 1. The van der Waals surface area contributed by atoms with Crippen LogP contribution in [0.4, 0.5) is 14.6 Å². The average molecular weight is 354 g/mol. The maximum atomic E-state index is 13.3. The van der Waals surface area contributed by atoms with Gasteiger partial charge in [-0.25, -0.2) is 18.7 Å². The van der Waals surface area contributed by atoms with Gasteiger partial charge in [-0.1, -0.05) is 0 Å². The summed E-state index contributed by atoms with van der Waals surface area (Å²) in [6, 6.07) is 3.48. The van der Waals surface area contributed by atoms with E-state index in [0.717, 1.165) is 29.1 Å². The van der Waals surface area contributed by atoms with E-state index in [1.807, 2.05) is 0 Å². The molecule has 1 N–H and O–H groups in total. The molecule has 21 heavy (non-hydrogen) atoms. The number of halogens is 3. The van der Waals surface area contributed by atoms with Crippen molar-refractivity contribution in [2.24, 2.45) is 0 Å². The van der Waals surface area contributed by atoms with Crippen molar-refractivity contribution in [2.45, 2.75) is 25.2 Å². The minimum absolute atomic E-state index is 0.302.